The zero-order valence-electron chi connectivity index (χ0n) is 16.1. The molecule has 146 valence electrons. The quantitative estimate of drug-likeness (QED) is 0.737. The van der Waals surface area contributed by atoms with Crippen molar-refractivity contribution in [3.05, 3.63) is 83.2 Å². The topological polar surface area (TPSA) is 64.2 Å². The highest BCUT2D eigenvalue weighted by Gasteiger charge is 2.35. The summed E-state index contributed by atoms with van der Waals surface area (Å²) in [5.74, 6) is 0.170. The van der Waals surface area contributed by atoms with Crippen molar-refractivity contribution in [1.82, 2.24) is 14.7 Å². The molecule has 0 aliphatic carbocycles. The number of nitrogens with zero attached hydrogens (tertiary/aromatic N) is 3. The van der Waals surface area contributed by atoms with E-state index in [9.17, 15) is 4.79 Å². The zero-order chi connectivity index (χ0) is 19.0. The summed E-state index contributed by atoms with van der Waals surface area (Å²) in [5, 5.41) is 4.47. The predicted octanol–water partition coefficient (Wildman–Crippen LogP) is 3.48. The average Bonchev–Trinajstić information content (AvgIpc) is 3.25. The van der Waals surface area contributed by atoms with Crippen LogP contribution >= 0.6 is 12.4 Å². The SMILES string of the molecule is Cc1ccccc1-n1ncc(C(=O)N2C[C@@H](N)[C@H](c3ccccc3)C2)c1C.Cl. The molecule has 2 N–H and O–H groups in total. The normalized spacial score (nSPS) is 18.8. The lowest BCUT2D eigenvalue weighted by Gasteiger charge is -2.16. The fraction of sp³-hybridized carbons (Fsp3) is 0.273. The van der Waals surface area contributed by atoms with Crippen LogP contribution < -0.4 is 5.73 Å². The van der Waals surface area contributed by atoms with E-state index in [0.29, 0.717) is 18.7 Å². The van der Waals surface area contributed by atoms with E-state index in [1.54, 1.807) is 6.20 Å². The van der Waals surface area contributed by atoms with Crippen LogP contribution in [0.3, 0.4) is 0 Å². The van der Waals surface area contributed by atoms with Crippen molar-refractivity contribution >= 4 is 18.3 Å². The summed E-state index contributed by atoms with van der Waals surface area (Å²) in [6, 6.07) is 18.2. The molecule has 5 nitrogen and oxygen atoms in total. The molecule has 1 aromatic heterocycles. The second-order valence-electron chi connectivity index (χ2n) is 7.23. The maximum atomic E-state index is 13.1. The molecule has 1 saturated heterocycles. The Morgan fingerprint density at radius 3 is 2.43 bits per heavy atom. The van der Waals surface area contributed by atoms with Gasteiger partial charge in [-0.3, -0.25) is 4.79 Å². The molecule has 0 radical (unpaired) electrons. The Morgan fingerprint density at radius 2 is 1.71 bits per heavy atom. The molecule has 4 rings (SSSR count). The van der Waals surface area contributed by atoms with Gasteiger partial charge < -0.3 is 10.6 Å². The van der Waals surface area contributed by atoms with Crippen molar-refractivity contribution in [2.45, 2.75) is 25.8 Å². The fourth-order valence-electron chi connectivity index (χ4n) is 3.88. The van der Waals surface area contributed by atoms with E-state index in [-0.39, 0.29) is 30.3 Å². The highest BCUT2D eigenvalue weighted by atomic mass is 35.5. The van der Waals surface area contributed by atoms with Gasteiger partial charge in [0, 0.05) is 25.0 Å². The maximum absolute atomic E-state index is 13.1. The van der Waals surface area contributed by atoms with Crippen molar-refractivity contribution in [1.29, 1.82) is 0 Å². The van der Waals surface area contributed by atoms with Crippen LogP contribution in [0.25, 0.3) is 5.69 Å². The molecule has 0 saturated carbocycles. The van der Waals surface area contributed by atoms with Gasteiger partial charge in [-0.05, 0) is 31.0 Å². The Kier molecular flexibility index (Phi) is 5.87. The first kappa shape index (κ1) is 20.1. The van der Waals surface area contributed by atoms with Gasteiger partial charge in [-0.2, -0.15) is 5.10 Å². The summed E-state index contributed by atoms with van der Waals surface area (Å²) in [4.78, 5) is 15.0. The number of halogens is 1. The van der Waals surface area contributed by atoms with E-state index < -0.39 is 0 Å². The molecule has 1 aliphatic heterocycles. The first-order valence-electron chi connectivity index (χ1n) is 9.26. The van der Waals surface area contributed by atoms with Crippen LogP contribution in [0.2, 0.25) is 0 Å². The van der Waals surface area contributed by atoms with Crippen molar-refractivity contribution in [2.75, 3.05) is 13.1 Å². The summed E-state index contributed by atoms with van der Waals surface area (Å²) in [7, 11) is 0. The van der Waals surface area contributed by atoms with Crippen LogP contribution in [0.15, 0.2) is 60.8 Å². The van der Waals surface area contributed by atoms with Crippen LogP contribution in [-0.4, -0.2) is 39.7 Å². The number of aromatic nitrogens is 2. The molecule has 2 aromatic carbocycles. The number of aryl methyl sites for hydroxylation is 1. The second-order valence-corrected chi connectivity index (χ2v) is 7.23. The summed E-state index contributed by atoms with van der Waals surface area (Å²) in [5.41, 5.74) is 11.2. The number of nitrogens with two attached hydrogens (primary N) is 1. The minimum atomic E-state index is -0.0527. The number of rotatable bonds is 3. The van der Waals surface area contributed by atoms with Gasteiger partial charge in [0.15, 0.2) is 0 Å². The summed E-state index contributed by atoms with van der Waals surface area (Å²) in [6.07, 6.45) is 1.67. The van der Waals surface area contributed by atoms with Crippen LogP contribution in [-0.2, 0) is 0 Å². The van der Waals surface area contributed by atoms with E-state index in [0.717, 1.165) is 16.9 Å². The van der Waals surface area contributed by atoms with Crippen LogP contribution in [0.5, 0.6) is 0 Å². The smallest absolute Gasteiger partial charge is 0.257 e. The Hall–Kier alpha value is -2.63. The van der Waals surface area contributed by atoms with E-state index in [4.69, 9.17) is 5.73 Å². The monoisotopic (exact) mass is 396 g/mol. The average molecular weight is 397 g/mol. The lowest BCUT2D eigenvalue weighted by Crippen LogP contribution is -2.32. The van der Waals surface area contributed by atoms with Crippen LogP contribution in [0.4, 0.5) is 0 Å². The highest BCUT2D eigenvalue weighted by molar-refractivity contribution is 5.95. The third-order valence-electron chi connectivity index (χ3n) is 5.46. The van der Waals surface area contributed by atoms with Gasteiger partial charge in [0.1, 0.15) is 0 Å². The molecule has 1 aliphatic rings. The van der Waals surface area contributed by atoms with Gasteiger partial charge in [0.05, 0.1) is 23.1 Å². The summed E-state index contributed by atoms with van der Waals surface area (Å²) >= 11 is 0. The van der Waals surface area contributed by atoms with Crippen molar-refractivity contribution in [3.63, 3.8) is 0 Å². The predicted molar refractivity (Wildman–Crippen MR) is 113 cm³/mol. The molecule has 3 aromatic rings. The first-order chi connectivity index (χ1) is 13.1. The molecule has 0 unspecified atom stereocenters. The van der Waals surface area contributed by atoms with Gasteiger partial charge >= 0.3 is 0 Å². The van der Waals surface area contributed by atoms with Gasteiger partial charge in [0.2, 0.25) is 0 Å². The van der Waals surface area contributed by atoms with Crippen molar-refractivity contribution < 1.29 is 4.79 Å². The first-order valence-corrected chi connectivity index (χ1v) is 9.26. The standard InChI is InChI=1S/C22H24N4O.ClH/c1-15-8-6-7-11-21(15)26-16(2)18(12-24-26)22(27)25-13-19(20(23)14-25)17-9-4-3-5-10-17;/h3-12,19-20H,13-14,23H2,1-2H3;1H/t19-,20+;/m0./s1. The van der Waals surface area contributed by atoms with E-state index in [2.05, 4.69) is 17.2 Å². The second kappa shape index (κ2) is 8.17. The van der Waals surface area contributed by atoms with E-state index >= 15 is 0 Å². The molecular weight excluding hydrogens is 372 g/mol. The molecule has 1 fully saturated rings. The number of likely N-dealkylation sites (tertiary alicyclic amines) is 1. The molecule has 2 heterocycles. The third kappa shape index (κ3) is 3.55. The minimum Gasteiger partial charge on any atom is -0.336 e. The third-order valence-corrected chi connectivity index (χ3v) is 5.46. The zero-order valence-corrected chi connectivity index (χ0v) is 16.9. The lowest BCUT2D eigenvalue weighted by molar-refractivity contribution is 0.0788. The van der Waals surface area contributed by atoms with Crippen molar-refractivity contribution in [3.8, 4) is 5.69 Å². The van der Waals surface area contributed by atoms with Gasteiger partial charge in [-0.1, -0.05) is 48.5 Å². The lowest BCUT2D eigenvalue weighted by atomic mass is 9.95. The van der Waals surface area contributed by atoms with Gasteiger partial charge in [-0.25, -0.2) is 4.68 Å². The number of amides is 1. The Bertz CT molecular complexity index is 970. The minimum absolute atomic E-state index is 0. The molecule has 0 bridgehead atoms. The Labute approximate surface area is 171 Å². The summed E-state index contributed by atoms with van der Waals surface area (Å²) in [6.45, 7) is 5.19. The number of carbonyl (C=O) groups excluding carboxylic acids is 1. The molecule has 2 atom stereocenters. The molecule has 1 amide bonds. The number of carbonyl (C=O) groups is 1. The largest absolute Gasteiger partial charge is 0.336 e. The Morgan fingerprint density at radius 1 is 1.04 bits per heavy atom. The molecule has 0 spiro atoms. The number of para-hydroxylation sites is 1. The van der Waals surface area contributed by atoms with Crippen LogP contribution in [0.1, 0.15) is 33.1 Å². The molecule has 28 heavy (non-hydrogen) atoms. The van der Waals surface area contributed by atoms with Crippen molar-refractivity contribution in [2.24, 2.45) is 5.73 Å². The molecule has 6 heteroatoms. The number of benzene rings is 2. The maximum Gasteiger partial charge on any atom is 0.257 e. The van der Waals surface area contributed by atoms with E-state index in [1.165, 1.54) is 5.56 Å². The highest BCUT2D eigenvalue weighted by Crippen LogP contribution is 2.28. The van der Waals surface area contributed by atoms with E-state index in [1.807, 2.05) is 65.9 Å². The fourth-order valence-corrected chi connectivity index (χ4v) is 3.88. The van der Waals surface area contributed by atoms with Gasteiger partial charge in [-0.15, -0.1) is 12.4 Å². The number of hydrogen-bond acceptors (Lipinski definition) is 3. The Balaban J connectivity index is 0.00000225. The van der Waals surface area contributed by atoms with Crippen LogP contribution in [0, 0.1) is 13.8 Å². The molecular formula is C22H25ClN4O. The number of hydrogen-bond donors (Lipinski definition) is 1. The van der Waals surface area contributed by atoms with Gasteiger partial charge in [0.25, 0.3) is 5.91 Å². The summed E-state index contributed by atoms with van der Waals surface area (Å²) < 4.78 is 1.84.